The van der Waals surface area contributed by atoms with E-state index in [1.807, 2.05) is 21.9 Å². The van der Waals surface area contributed by atoms with E-state index in [9.17, 15) is 9.59 Å². The molecule has 2 saturated heterocycles. The van der Waals surface area contributed by atoms with Crippen LogP contribution in [0.1, 0.15) is 23.2 Å². The summed E-state index contributed by atoms with van der Waals surface area (Å²) in [4.78, 5) is 31.5. The van der Waals surface area contributed by atoms with Crippen LogP contribution in [-0.4, -0.2) is 68.0 Å². The summed E-state index contributed by atoms with van der Waals surface area (Å²) in [5.74, 6) is 1.07. The van der Waals surface area contributed by atoms with Crippen molar-refractivity contribution >= 4 is 17.5 Å². The molecule has 0 unspecified atom stereocenters. The molecule has 2 fully saturated rings. The summed E-state index contributed by atoms with van der Waals surface area (Å²) in [6.07, 6.45) is 4.43. The van der Waals surface area contributed by atoms with Crippen LogP contribution in [0.4, 0.5) is 5.69 Å². The number of rotatable bonds is 4. The molecule has 3 heterocycles. The van der Waals surface area contributed by atoms with E-state index in [4.69, 9.17) is 9.15 Å². The number of likely N-dealkylation sites (tertiary alicyclic amines) is 1. The van der Waals surface area contributed by atoms with Crippen LogP contribution in [0.15, 0.2) is 47.3 Å². The summed E-state index contributed by atoms with van der Waals surface area (Å²) >= 11 is 0. The second-order valence-corrected chi connectivity index (χ2v) is 7.59. The first-order valence-corrected chi connectivity index (χ1v) is 10.1. The van der Waals surface area contributed by atoms with E-state index >= 15 is 0 Å². The number of carbonyl (C=O) groups is 2. The zero-order valence-corrected chi connectivity index (χ0v) is 16.8. The molecule has 0 radical (unpaired) electrons. The zero-order chi connectivity index (χ0) is 20.2. The highest BCUT2D eigenvalue weighted by molar-refractivity contribution is 5.94. The monoisotopic (exact) mass is 397 g/mol. The van der Waals surface area contributed by atoms with Crippen LogP contribution in [0.2, 0.25) is 0 Å². The molecule has 2 aliphatic heterocycles. The Morgan fingerprint density at radius 2 is 1.62 bits per heavy atom. The molecular weight excluding hydrogens is 370 g/mol. The third-order valence-corrected chi connectivity index (χ3v) is 5.93. The van der Waals surface area contributed by atoms with Gasteiger partial charge in [0.25, 0.3) is 5.91 Å². The van der Waals surface area contributed by atoms with Gasteiger partial charge in [-0.05, 0) is 43.2 Å². The average molecular weight is 397 g/mol. The van der Waals surface area contributed by atoms with Gasteiger partial charge in [0.15, 0.2) is 0 Å². The number of amides is 2. The van der Waals surface area contributed by atoms with Crippen molar-refractivity contribution in [1.29, 1.82) is 0 Å². The van der Waals surface area contributed by atoms with Crippen molar-refractivity contribution in [3.63, 3.8) is 0 Å². The molecule has 1 aromatic heterocycles. The van der Waals surface area contributed by atoms with Crippen LogP contribution in [0.3, 0.4) is 0 Å². The lowest BCUT2D eigenvalue weighted by molar-refractivity contribution is -0.137. The molecule has 4 rings (SSSR count). The minimum Gasteiger partial charge on any atom is -0.497 e. The molecule has 0 spiro atoms. The second kappa shape index (κ2) is 8.59. The molecule has 2 aliphatic rings. The maximum absolute atomic E-state index is 13.0. The number of benzene rings is 1. The summed E-state index contributed by atoms with van der Waals surface area (Å²) in [6, 6.07) is 9.73. The average Bonchev–Trinajstić information content (AvgIpc) is 3.33. The number of hydrogen-bond donors (Lipinski definition) is 0. The van der Waals surface area contributed by atoms with Gasteiger partial charge in [-0.1, -0.05) is 0 Å². The number of carbonyl (C=O) groups excluding carboxylic acids is 2. The molecule has 29 heavy (non-hydrogen) atoms. The molecule has 0 saturated carbocycles. The fourth-order valence-corrected chi connectivity index (χ4v) is 4.13. The van der Waals surface area contributed by atoms with Crippen molar-refractivity contribution in [2.24, 2.45) is 5.92 Å². The molecule has 0 aliphatic carbocycles. The Balaban J connectivity index is 1.26. The number of anilines is 1. The minimum absolute atomic E-state index is 0.0101. The third kappa shape index (κ3) is 4.23. The molecule has 2 aromatic rings. The molecule has 154 valence electrons. The Labute approximate surface area is 170 Å². The van der Waals surface area contributed by atoms with Crippen LogP contribution in [0.25, 0.3) is 0 Å². The van der Waals surface area contributed by atoms with Crippen LogP contribution >= 0.6 is 0 Å². The number of furan rings is 1. The van der Waals surface area contributed by atoms with Crippen LogP contribution in [0.5, 0.6) is 5.75 Å². The highest BCUT2D eigenvalue weighted by atomic mass is 16.5. The Hall–Kier alpha value is -2.96. The van der Waals surface area contributed by atoms with Gasteiger partial charge in [-0.25, -0.2) is 0 Å². The lowest BCUT2D eigenvalue weighted by atomic mass is 9.94. The maximum atomic E-state index is 13.0. The minimum atomic E-state index is -0.0160. The van der Waals surface area contributed by atoms with Gasteiger partial charge < -0.3 is 23.9 Å². The van der Waals surface area contributed by atoms with Crippen molar-refractivity contribution in [1.82, 2.24) is 9.80 Å². The van der Waals surface area contributed by atoms with Crippen molar-refractivity contribution in [2.75, 3.05) is 51.3 Å². The summed E-state index contributed by atoms with van der Waals surface area (Å²) < 4.78 is 10.2. The molecule has 7 heteroatoms. The number of ether oxygens (including phenoxy) is 1. The topological polar surface area (TPSA) is 66.2 Å². The fourth-order valence-electron chi connectivity index (χ4n) is 4.13. The Kier molecular flexibility index (Phi) is 5.74. The molecule has 7 nitrogen and oxygen atoms in total. The first kappa shape index (κ1) is 19.4. The van der Waals surface area contributed by atoms with E-state index < -0.39 is 0 Å². The van der Waals surface area contributed by atoms with Gasteiger partial charge in [-0.15, -0.1) is 0 Å². The van der Waals surface area contributed by atoms with E-state index in [1.165, 1.54) is 12.5 Å². The predicted molar refractivity (Wildman–Crippen MR) is 109 cm³/mol. The smallest absolute Gasteiger partial charge is 0.257 e. The molecule has 1 aromatic carbocycles. The number of methoxy groups -OCH3 is 1. The van der Waals surface area contributed by atoms with Gasteiger partial charge in [0.2, 0.25) is 5.91 Å². The molecule has 2 amide bonds. The fraction of sp³-hybridized carbons (Fsp3) is 0.455. The van der Waals surface area contributed by atoms with E-state index in [1.54, 1.807) is 13.2 Å². The standard InChI is InChI=1S/C22H27N3O4/c1-28-20-4-2-19(3-5-20)23-11-13-25(14-12-23)21(26)17-6-9-24(10-7-17)22(27)18-8-15-29-16-18/h2-5,8,15-17H,6-7,9-14H2,1H3. The van der Waals surface area contributed by atoms with E-state index in [0.717, 1.165) is 50.5 Å². The summed E-state index contributed by atoms with van der Waals surface area (Å²) in [5.41, 5.74) is 1.73. The quantitative estimate of drug-likeness (QED) is 0.793. The lowest BCUT2D eigenvalue weighted by Gasteiger charge is -2.39. The summed E-state index contributed by atoms with van der Waals surface area (Å²) in [5, 5.41) is 0. The van der Waals surface area contributed by atoms with Crippen molar-refractivity contribution in [3.8, 4) is 5.75 Å². The summed E-state index contributed by atoms with van der Waals surface area (Å²) in [6.45, 7) is 4.36. The number of piperazine rings is 1. The molecular formula is C22H27N3O4. The number of nitrogens with zero attached hydrogens (tertiary/aromatic N) is 3. The Morgan fingerprint density at radius 1 is 0.931 bits per heavy atom. The van der Waals surface area contributed by atoms with Gasteiger partial charge in [0.05, 0.1) is 18.9 Å². The normalized spacial score (nSPS) is 18.0. The van der Waals surface area contributed by atoms with E-state index in [0.29, 0.717) is 18.7 Å². The highest BCUT2D eigenvalue weighted by Crippen LogP contribution is 2.24. The molecule has 0 atom stereocenters. The Morgan fingerprint density at radius 3 is 2.21 bits per heavy atom. The van der Waals surface area contributed by atoms with Gasteiger partial charge in [0, 0.05) is 50.9 Å². The van der Waals surface area contributed by atoms with Crippen molar-refractivity contribution in [2.45, 2.75) is 12.8 Å². The van der Waals surface area contributed by atoms with Crippen LogP contribution < -0.4 is 9.64 Å². The van der Waals surface area contributed by atoms with E-state index in [2.05, 4.69) is 17.0 Å². The summed E-state index contributed by atoms with van der Waals surface area (Å²) in [7, 11) is 1.66. The number of hydrogen-bond acceptors (Lipinski definition) is 5. The van der Waals surface area contributed by atoms with Gasteiger partial charge in [-0.2, -0.15) is 0 Å². The van der Waals surface area contributed by atoms with Crippen LogP contribution in [0, 0.1) is 5.92 Å². The largest absolute Gasteiger partial charge is 0.497 e. The molecule has 0 N–H and O–H groups in total. The predicted octanol–water partition coefficient (Wildman–Crippen LogP) is 2.49. The maximum Gasteiger partial charge on any atom is 0.257 e. The van der Waals surface area contributed by atoms with Crippen molar-refractivity contribution in [3.05, 3.63) is 48.4 Å². The van der Waals surface area contributed by atoms with Gasteiger partial charge in [-0.3, -0.25) is 9.59 Å². The zero-order valence-electron chi connectivity index (χ0n) is 16.8. The third-order valence-electron chi connectivity index (χ3n) is 5.93. The highest BCUT2D eigenvalue weighted by Gasteiger charge is 2.32. The van der Waals surface area contributed by atoms with Gasteiger partial charge in [0.1, 0.15) is 12.0 Å². The van der Waals surface area contributed by atoms with Crippen molar-refractivity contribution < 1.29 is 18.7 Å². The lowest BCUT2D eigenvalue weighted by Crippen LogP contribution is -2.52. The number of piperidine rings is 1. The molecule has 0 bridgehead atoms. The second-order valence-electron chi connectivity index (χ2n) is 7.59. The SMILES string of the molecule is COc1ccc(N2CCN(C(=O)C3CCN(C(=O)c4ccoc4)CC3)CC2)cc1. The van der Waals surface area contributed by atoms with Gasteiger partial charge >= 0.3 is 0 Å². The van der Waals surface area contributed by atoms with E-state index in [-0.39, 0.29) is 17.7 Å². The Bertz CT molecular complexity index is 818. The first-order valence-electron chi connectivity index (χ1n) is 10.1. The van der Waals surface area contributed by atoms with Crippen LogP contribution in [-0.2, 0) is 4.79 Å². The first-order chi connectivity index (χ1) is 14.2.